The predicted molar refractivity (Wildman–Crippen MR) is 105 cm³/mol. The van der Waals surface area contributed by atoms with Crippen molar-refractivity contribution in [1.29, 1.82) is 0 Å². The number of aryl methyl sites for hydroxylation is 1. The first-order valence-corrected chi connectivity index (χ1v) is 9.56. The fourth-order valence-corrected chi connectivity index (χ4v) is 3.74. The summed E-state index contributed by atoms with van der Waals surface area (Å²) in [5.74, 6) is 1.62. The Hall–Kier alpha value is -2.37. The van der Waals surface area contributed by atoms with E-state index in [0.717, 1.165) is 27.8 Å². The van der Waals surface area contributed by atoms with Gasteiger partial charge in [0, 0.05) is 23.0 Å². The summed E-state index contributed by atoms with van der Waals surface area (Å²) < 4.78 is 10.9. The van der Waals surface area contributed by atoms with Gasteiger partial charge in [-0.2, -0.15) is 0 Å². The first-order valence-electron chi connectivity index (χ1n) is 8.68. The molecule has 4 rings (SSSR count). The lowest BCUT2D eigenvalue weighted by Crippen LogP contribution is -2.36. The smallest absolute Gasteiger partial charge is 0.231 e. The molecule has 26 heavy (non-hydrogen) atoms. The number of hydrogen-bond donors (Lipinski definition) is 1. The van der Waals surface area contributed by atoms with Crippen LogP contribution in [0, 0.1) is 6.92 Å². The Labute approximate surface area is 157 Å². The molecule has 1 N–H and O–H groups in total. The maximum absolute atomic E-state index is 5.50. The van der Waals surface area contributed by atoms with Gasteiger partial charge in [-0.05, 0) is 38.5 Å². The highest BCUT2D eigenvalue weighted by Gasteiger charge is 2.23. The normalized spacial score (nSPS) is 13.2. The van der Waals surface area contributed by atoms with Crippen molar-refractivity contribution in [3.8, 4) is 22.1 Å². The zero-order valence-electron chi connectivity index (χ0n) is 15.2. The van der Waals surface area contributed by atoms with Gasteiger partial charge in [0.25, 0.3) is 0 Å². The summed E-state index contributed by atoms with van der Waals surface area (Å²) in [5.41, 5.74) is 4.45. The van der Waals surface area contributed by atoms with Gasteiger partial charge in [0.05, 0.1) is 5.69 Å². The molecule has 0 atom stereocenters. The summed E-state index contributed by atoms with van der Waals surface area (Å²) in [4.78, 5) is 4.78. The number of ether oxygens (including phenoxy) is 2. The van der Waals surface area contributed by atoms with Crippen LogP contribution in [0.1, 0.15) is 30.7 Å². The Morgan fingerprint density at radius 3 is 2.65 bits per heavy atom. The minimum atomic E-state index is -0.200. The summed E-state index contributed by atoms with van der Waals surface area (Å²) in [6, 6.07) is 14.6. The van der Waals surface area contributed by atoms with Crippen LogP contribution >= 0.6 is 11.3 Å². The van der Waals surface area contributed by atoms with E-state index in [1.165, 1.54) is 11.1 Å². The topological polar surface area (TPSA) is 43.4 Å². The molecule has 5 heteroatoms. The van der Waals surface area contributed by atoms with Crippen LogP contribution in [0.15, 0.2) is 47.8 Å². The highest BCUT2D eigenvalue weighted by atomic mass is 32.1. The summed E-state index contributed by atoms with van der Waals surface area (Å²) in [6.07, 6.45) is 0. The summed E-state index contributed by atoms with van der Waals surface area (Å²) in [7, 11) is 0. The lowest BCUT2D eigenvalue weighted by atomic mass is 9.94. The number of aromatic nitrogens is 1. The molecule has 0 unspecified atom stereocenters. The maximum atomic E-state index is 5.50. The third-order valence-electron chi connectivity index (χ3n) is 4.66. The molecule has 1 aromatic heterocycles. The molecule has 0 bridgehead atoms. The van der Waals surface area contributed by atoms with Gasteiger partial charge in [-0.3, -0.25) is 0 Å². The molecule has 1 aliphatic heterocycles. The van der Waals surface area contributed by atoms with Crippen LogP contribution in [0.5, 0.6) is 11.5 Å². The van der Waals surface area contributed by atoms with Crippen LogP contribution in [-0.4, -0.2) is 11.8 Å². The monoisotopic (exact) mass is 366 g/mol. The lowest BCUT2D eigenvalue weighted by Gasteiger charge is -2.27. The minimum absolute atomic E-state index is 0.200. The van der Waals surface area contributed by atoms with Gasteiger partial charge in [-0.25, -0.2) is 4.98 Å². The van der Waals surface area contributed by atoms with Crippen molar-refractivity contribution in [2.24, 2.45) is 0 Å². The molecule has 0 radical (unpaired) electrons. The fraction of sp³-hybridized carbons (Fsp3) is 0.286. The Balaban J connectivity index is 1.45. The molecule has 0 fully saturated rings. The lowest BCUT2D eigenvalue weighted by molar-refractivity contribution is 0.174. The molecule has 1 aliphatic rings. The highest BCUT2D eigenvalue weighted by molar-refractivity contribution is 7.13. The van der Waals surface area contributed by atoms with Crippen LogP contribution in [0.3, 0.4) is 0 Å². The molecular weight excluding hydrogens is 344 g/mol. The number of thiazole rings is 1. The molecule has 0 aliphatic carbocycles. The van der Waals surface area contributed by atoms with Crippen LogP contribution in [0.2, 0.25) is 0 Å². The van der Waals surface area contributed by atoms with Gasteiger partial charge in [-0.1, -0.05) is 35.9 Å². The second-order valence-electron chi connectivity index (χ2n) is 7.06. The van der Waals surface area contributed by atoms with Gasteiger partial charge >= 0.3 is 0 Å². The number of nitrogens with zero attached hydrogens (tertiary/aromatic N) is 1. The number of rotatable bonds is 5. The number of hydrogen-bond acceptors (Lipinski definition) is 5. The molecule has 0 saturated carbocycles. The molecule has 134 valence electrons. The zero-order valence-corrected chi connectivity index (χ0v) is 16.0. The Kier molecular flexibility index (Phi) is 4.42. The van der Waals surface area contributed by atoms with Crippen molar-refractivity contribution < 1.29 is 9.47 Å². The summed E-state index contributed by atoms with van der Waals surface area (Å²) in [5, 5.41) is 6.79. The van der Waals surface area contributed by atoms with E-state index >= 15 is 0 Å². The second kappa shape index (κ2) is 6.74. The third-order valence-corrected chi connectivity index (χ3v) is 5.60. The fourth-order valence-electron chi connectivity index (χ4n) is 2.92. The average molecular weight is 366 g/mol. The van der Waals surface area contributed by atoms with Crippen LogP contribution in [-0.2, 0) is 12.1 Å². The molecule has 2 aromatic carbocycles. The number of fused-ring (bicyclic) bond motifs is 1. The standard InChI is InChI=1S/C21H22N2O2S/c1-14-4-6-15(7-5-14)20-23-17(12-26-20)11-22-21(2,3)16-8-9-18-19(10-16)25-13-24-18/h4-10,12,22H,11,13H2,1-3H3. The van der Waals surface area contributed by atoms with Crippen molar-refractivity contribution >= 4 is 11.3 Å². The quantitative estimate of drug-likeness (QED) is 0.699. The second-order valence-corrected chi connectivity index (χ2v) is 7.91. The zero-order chi connectivity index (χ0) is 18.1. The van der Waals surface area contributed by atoms with E-state index in [4.69, 9.17) is 14.5 Å². The van der Waals surface area contributed by atoms with Crippen molar-refractivity contribution in [3.63, 3.8) is 0 Å². The Bertz CT molecular complexity index is 916. The summed E-state index contributed by atoms with van der Waals surface area (Å²) >= 11 is 1.68. The Morgan fingerprint density at radius 2 is 1.85 bits per heavy atom. The molecule has 4 nitrogen and oxygen atoms in total. The van der Waals surface area contributed by atoms with E-state index in [0.29, 0.717) is 13.3 Å². The Morgan fingerprint density at radius 1 is 1.08 bits per heavy atom. The van der Waals surface area contributed by atoms with Crippen molar-refractivity contribution in [2.75, 3.05) is 6.79 Å². The molecule has 2 heterocycles. The van der Waals surface area contributed by atoms with Crippen LogP contribution < -0.4 is 14.8 Å². The SMILES string of the molecule is Cc1ccc(-c2nc(CNC(C)(C)c3ccc4c(c3)OCO4)cs2)cc1. The minimum Gasteiger partial charge on any atom is -0.454 e. The van der Waals surface area contributed by atoms with E-state index in [2.05, 4.69) is 61.8 Å². The first-order chi connectivity index (χ1) is 12.5. The van der Waals surface area contributed by atoms with Crippen molar-refractivity contribution in [2.45, 2.75) is 32.9 Å². The molecule has 0 amide bonds. The largest absolute Gasteiger partial charge is 0.454 e. The molecule has 0 spiro atoms. The highest BCUT2D eigenvalue weighted by Crippen LogP contribution is 2.35. The van der Waals surface area contributed by atoms with Gasteiger partial charge in [-0.15, -0.1) is 11.3 Å². The predicted octanol–water partition coefficient (Wildman–Crippen LogP) is 4.87. The summed E-state index contributed by atoms with van der Waals surface area (Å²) in [6.45, 7) is 7.44. The van der Waals surface area contributed by atoms with Gasteiger partial charge in [0.2, 0.25) is 6.79 Å². The number of benzene rings is 2. The molecule has 0 saturated heterocycles. The van der Waals surface area contributed by atoms with E-state index < -0.39 is 0 Å². The first kappa shape index (κ1) is 17.1. The van der Waals surface area contributed by atoms with E-state index in [1.807, 2.05) is 12.1 Å². The average Bonchev–Trinajstić information content (AvgIpc) is 3.29. The van der Waals surface area contributed by atoms with E-state index in [9.17, 15) is 0 Å². The van der Waals surface area contributed by atoms with Gasteiger partial charge in [0.15, 0.2) is 11.5 Å². The molecule has 3 aromatic rings. The van der Waals surface area contributed by atoms with Gasteiger partial charge < -0.3 is 14.8 Å². The van der Waals surface area contributed by atoms with Crippen molar-refractivity contribution in [1.82, 2.24) is 10.3 Å². The van der Waals surface area contributed by atoms with E-state index in [-0.39, 0.29) is 5.54 Å². The number of nitrogens with one attached hydrogen (secondary N) is 1. The van der Waals surface area contributed by atoms with Crippen LogP contribution in [0.25, 0.3) is 10.6 Å². The van der Waals surface area contributed by atoms with Gasteiger partial charge in [0.1, 0.15) is 5.01 Å². The third kappa shape index (κ3) is 3.45. The van der Waals surface area contributed by atoms with E-state index in [1.54, 1.807) is 11.3 Å². The van der Waals surface area contributed by atoms with Crippen molar-refractivity contribution in [3.05, 3.63) is 64.7 Å². The molecular formula is C21H22N2O2S. The van der Waals surface area contributed by atoms with Crippen LogP contribution in [0.4, 0.5) is 0 Å². The maximum Gasteiger partial charge on any atom is 0.231 e.